The molecule has 5 atom stereocenters. The van der Waals surface area contributed by atoms with E-state index in [9.17, 15) is 4.79 Å². The van der Waals surface area contributed by atoms with Crippen molar-refractivity contribution in [3.8, 4) is 0 Å². The number of hydrogen-bond acceptors (Lipinski definition) is 4. The van der Waals surface area contributed by atoms with E-state index in [1.54, 1.807) is 18.6 Å². The Morgan fingerprint density at radius 1 is 1.21 bits per heavy atom. The van der Waals surface area contributed by atoms with Crippen LogP contribution in [-0.2, 0) is 6.42 Å². The van der Waals surface area contributed by atoms with Gasteiger partial charge in [0.2, 0.25) is 0 Å². The van der Waals surface area contributed by atoms with Crippen LogP contribution in [0.25, 0.3) is 0 Å². The number of aromatic nitrogens is 2. The van der Waals surface area contributed by atoms with E-state index in [1.165, 1.54) is 24.8 Å². The molecule has 1 N–H and O–H groups in total. The van der Waals surface area contributed by atoms with E-state index in [0.717, 1.165) is 19.3 Å². The molecule has 0 spiro atoms. The van der Waals surface area contributed by atoms with Gasteiger partial charge in [-0.15, -0.1) is 0 Å². The van der Waals surface area contributed by atoms with Crippen LogP contribution in [0.4, 0.5) is 0 Å². The van der Waals surface area contributed by atoms with Crippen molar-refractivity contribution in [2.45, 2.75) is 69.6 Å². The molecule has 28 heavy (non-hydrogen) atoms. The minimum Gasteiger partial charge on any atom is -0.329 e. The Balaban J connectivity index is 1.52. The van der Waals surface area contributed by atoms with E-state index in [-0.39, 0.29) is 29.4 Å². The van der Waals surface area contributed by atoms with Crippen molar-refractivity contribution in [2.24, 2.45) is 5.41 Å². The Morgan fingerprint density at radius 3 is 2.82 bits per heavy atom. The van der Waals surface area contributed by atoms with Crippen molar-refractivity contribution in [1.82, 2.24) is 20.2 Å². The van der Waals surface area contributed by atoms with E-state index in [0.29, 0.717) is 11.7 Å². The van der Waals surface area contributed by atoms with Gasteiger partial charge in [0.05, 0.1) is 6.20 Å². The molecule has 2 aromatic rings. The van der Waals surface area contributed by atoms with Gasteiger partial charge in [-0.3, -0.25) is 9.78 Å². The summed E-state index contributed by atoms with van der Waals surface area (Å²) >= 11 is 0. The first-order valence-electron chi connectivity index (χ1n) is 10.6. The summed E-state index contributed by atoms with van der Waals surface area (Å²) < 4.78 is 0. The van der Waals surface area contributed by atoms with Crippen molar-refractivity contribution >= 4 is 5.91 Å². The molecule has 1 saturated carbocycles. The molecule has 2 saturated heterocycles. The Kier molecular flexibility index (Phi) is 4.43. The molecule has 0 radical (unpaired) electrons. The molecule has 3 heterocycles. The number of nitrogens with zero attached hydrogens (tertiary/aromatic N) is 3. The molecule has 1 aromatic carbocycles. The van der Waals surface area contributed by atoms with Crippen LogP contribution < -0.4 is 5.32 Å². The summed E-state index contributed by atoms with van der Waals surface area (Å²) in [6, 6.07) is 11.9. The number of nitrogens with one attached hydrogen (secondary N) is 1. The van der Waals surface area contributed by atoms with Crippen LogP contribution in [0.3, 0.4) is 0 Å². The van der Waals surface area contributed by atoms with Gasteiger partial charge < -0.3 is 10.2 Å². The van der Waals surface area contributed by atoms with Crippen LogP contribution in [0.2, 0.25) is 0 Å². The van der Waals surface area contributed by atoms with Crippen LogP contribution in [-0.4, -0.2) is 44.9 Å². The predicted molar refractivity (Wildman–Crippen MR) is 108 cm³/mol. The highest BCUT2D eigenvalue weighted by molar-refractivity contribution is 5.93. The third-order valence-corrected chi connectivity index (χ3v) is 7.31. The fraction of sp³-hybridized carbons (Fsp3) is 0.522. The third-order valence-electron chi connectivity index (χ3n) is 7.31. The Morgan fingerprint density at radius 2 is 2.04 bits per heavy atom. The molecule has 5 rings (SSSR count). The summed E-state index contributed by atoms with van der Waals surface area (Å²) in [5.41, 5.74) is 1.94. The molecule has 3 aliphatic rings. The summed E-state index contributed by atoms with van der Waals surface area (Å²) in [6.07, 6.45) is 11.6. The van der Waals surface area contributed by atoms with Gasteiger partial charge in [0.1, 0.15) is 5.69 Å². The lowest BCUT2D eigenvalue weighted by atomic mass is 9.70. The number of carbonyl (C=O) groups excluding carboxylic acids is 1. The lowest BCUT2D eigenvalue weighted by Crippen LogP contribution is -2.57. The fourth-order valence-electron chi connectivity index (χ4n) is 5.97. The quantitative estimate of drug-likeness (QED) is 0.894. The van der Waals surface area contributed by atoms with E-state index in [4.69, 9.17) is 0 Å². The Bertz CT molecular complexity index is 842. The van der Waals surface area contributed by atoms with Crippen LogP contribution in [0.1, 0.15) is 55.1 Å². The molecular formula is C23H28N4O. The molecular weight excluding hydrogens is 348 g/mol. The second kappa shape index (κ2) is 6.96. The van der Waals surface area contributed by atoms with Gasteiger partial charge in [-0.2, -0.15) is 0 Å². The maximum atomic E-state index is 13.5. The first-order valence-corrected chi connectivity index (χ1v) is 10.6. The highest BCUT2D eigenvalue weighted by Crippen LogP contribution is 2.52. The largest absolute Gasteiger partial charge is 0.329 e. The van der Waals surface area contributed by atoms with E-state index < -0.39 is 0 Å². The fourth-order valence-corrected chi connectivity index (χ4v) is 5.97. The molecule has 5 heteroatoms. The average molecular weight is 377 g/mol. The van der Waals surface area contributed by atoms with Gasteiger partial charge in [-0.25, -0.2) is 4.98 Å². The highest BCUT2D eigenvalue weighted by atomic mass is 16.2. The normalized spacial score (nSPS) is 34.1. The van der Waals surface area contributed by atoms with Crippen LogP contribution in [0.15, 0.2) is 48.9 Å². The number of rotatable bonds is 3. The standard InChI is InChI=1S/C23H28N4O/c1-23-14-19-17(13-16-7-3-2-4-8-16)26-20(23)9-5-6-10-21(23)27(19)22(28)18-15-24-11-12-25-18/h2-4,7-8,11-12,15,17,19-21,26H,5-6,9-10,13-14H2,1H3/t17-,19-,20+,21-,23+/m0/s1. The highest BCUT2D eigenvalue weighted by Gasteiger charge is 2.60. The van der Waals surface area contributed by atoms with Gasteiger partial charge in [0.15, 0.2) is 0 Å². The number of amides is 1. The zero-order valence-electron chi connectivity index (χ0n) is 16.4. The van der Waals surface area contributed by atoms with E-state index in [1.807, 2.05) is 0 Å². The van der Waals surface area contributed by atoms with Crippen LogP contribution in [0.5, 0.6) is 0 Å². The lowest BCUT2D eigenvalue weighted by Gasteiger charge is -2.43. The minimum atomic E-state index is 0.0502. The van der Waals surface area contributed by atoms with Gasteiger partial charge in [0.25, 0.3) is 5.91 Å². The summed E-state index contributed by atoms with van der Waals surface area (Å²) in [5.74, 6) is 0.0502. The van der Waals surface area contributed by atoms with Crippen molar-refractivity contribution in [1.29, 1.82) is 0 Å². The number of benzene rings is 1. The van der Waals surface area contributed by atoms with Gasteiger partial charge in [0, 0.05) is 42.0 Å². The molecule has 5 nitrogen and oxygen atoms in total. The third kappa shape index (κ3) is 2.84. The Hall–Kier alpha value is -2.27. The molecule has 1 aromatic heterocycles. The molecule has 1 amide bonds. The van der Waals surface area contributed by atoms with Crippen LogP contribution >= 0.6 is 0 Å². The molecule has 146 valence electrons. The topological polar surface area (TPSA) is 58.1 Å². The smallest absolute Gasteiger partial charge is 0.274 e. The summed E-state index contributed by atoms with van der Waals surface area (Å²) in [4.78, 5) is 24.2. The van der Waals surface area contributed by atoms with Gasteiger partial charge in [-0.05, 0) is 31.2 Å². The van der Waals surface area contributed by atoms with Crippen molar-refractivity contribution in [2.75, 3.05) is 0 Å². The lowest BCUT2D eigenvalue weighted by molar-refractivity contribution is 0.0605. The Labute approximate surface area is 166 Å². The first-order chi connectivity index (χ1) is 13.7. The number of hydrogen-bond donors (Lipinski definition) is 1. The zero-order chi connectivity index (χ0) is 19.1. The monoisotopic (exact) mass is 376 g/mol. The van der Waals surface area contributed by atoms with Crippen LogP contribution in [0, 0.1) is 5.41 Å². The number of piperidine rings is 1. The van der Waals surface area contributed by atoms with Crippen molar-refractivity contribution < 1.29 is 4.79 Å². The molecule has 2 aliphatic heterocycles. The molecule has 2 bridgehead atoms. The second-order valence-corrected chi connectivity index (χ2v) is 8.90. The first kappa shape index (κ1) is 17.8. The summed E-state index contributed by atoms with van der Waals surface area (Å²) in [6.45, 7) is 2.40. The van der Waals surface area contributed by atoms with Gasteiger partial charge in [-0.1, -0.05) is 50.1 Å². The van der Waals surface area contributed by atoms with Gasteiger partial charge >= 0.3 is 0 Å². The maximum Gasteiger partial charge on any atom is 0.274 e. The van der Waals surface area contributed by atoms with Crippen molar-refractivity contribution in [3.05, 3.63) is 60.2 Å². The number of likely N-dealkylation sites (tertiary alicyclic amines) is 1. The maximum absolute atomic E-state index is 13.5. The molecule has 1 aliphatic carbocycles. The average Bonchev–Trinajstić information content (AvgIpc) is 2.88. The van der Waals surface area contributed by atoms with E-state index in [2.05, 4.69) is 57.4 Å². The summed E-state index contributed by atoms with van der Waals surface area (Å²) in [5, 5.41) is 3.98. The SMILES string of the molecule is C[C@@]12C[C@H]3[C@H](Cc4ccccc4)N[C@@H]1CCCC[C@@H]2N3C(=O)c1cnccn1. The summed E-state index contributed by atoms with van der Waals surface area (Å²) in [7, 11) is 0. The second-order valence-electron chi connectivity index (χ2n) is 8.90. The zero-order valence-corrected chi connectivity index (χ0v) is 16.4. The van der Waals surface area contributed by atoms with Crippen molar-refractivity contribution in [3.63, 3.8) is 0 Å². The van der Waals surface area contributed by atoms with E-state index >= 15 is 0 Å². The number of fused-ring (bicyclic) bond motifs is 1. The number of carbonyl (C=O) groups is 1. The predicted octanol–water partition coefficient (Wildman–Crippen LogP) is 3.22. The minimum absolute atomic E-state index is 0.0502. The molecule has 3 fully saturated rings. The molecule has 0 unspecified atom stereocenters.